The molecule has 0 spiro atoms. The van der Waals surface area contributed by atoms with E-state index in [0.29, 0.717) is 34.3 Å². The number of hydrogen-bond acceptors (Lipinski definition) is 7. The molecule has 42 heavy (non-hydrogen) atoms. The summed E-state index contributed by atoms with van der Waals surface area (Å²) in [5.74, 6) is 0.805. The zero-order chi connectivity index (χ0) is 29.6. The molecule has 0 bridgehead atoms. The lowest BCUT2D eigenvalue weighted by atomic mass is 9.92. The first-order valence-corrected chi connectivity index (χ1v) is 15.5. The van der Waals surface area contributed by atoms with E-state index in [-0.39, 0.29) is 23.4 Å². The first-order valence-electron chi connectivity index (χ1n) is 13.9. The van der Waals surface area contributed by atoms with Gasteiger partial charge in [0.1, 0.15) is 11.5 Å². The van der Waals surface area contributed by atoms with Gasteiger partial charge in [0, 0.05) is 30.2 Å². The molecule has 2 atom stereocenters. The van der Waals surface area contributed by atoms with Crippen molar-refractivity contribution in [1.29, 1.82) is 0 Å². The lowest BCUT2D eigenvalue weighted by Crippen LogP contribution is -2.12. The van der Waals surface area contributed by atoms with Crippen LogP contribution in [-0.4, -0.2) is 41.7 Å². The average Bonchev–Trinajstić information content (AvgIpc) is 3.48. The summed E-state index contributed by atoms with van der Waals surface area (Å²) in [7, 11) is -1.81. The number of carbonyl (C=O) groups excluding carboxylic acids is 1. The first kappa shape index (κ1) is 27.7. The summed E-state index contributed by atoms with van der Waals surface area (Å²) in [6.45, 7) is 5.91. The average molecular weight is 581 g/mol. The van der Waals surface area contributed by atoms with Gasteiger partial charge in [0.25, 0.3) is 0 Å². The van der Waals surface area contributed by atoms with Crippen LogP contribution in [0.25, 0.3) is 16.8 Å². The van der Waals surface area contributed by atoms with E-state index in [4.69, 9.17) is 4.74 Å². The topological polar surface area (TPSA) is 103 Å². The van der Waals surface area contributed by atoms with Gasteiger partial charge in [-0.3, -0.25) is 4.79 Å². The second kappa shape index (κ2) is 10.7. The zero-order valence-corrected chi connectivity index (χ0v) is 24.8. The van der Waals surface area contributed by atoms with Gasteiger partial charge < -0.3 is 10.1 Å². The van der Waals surface area contributed by atoms with Crippen molar-refractivity contribution < 1.29 is 17.9 Å². The van der Waals surface area contributed by atoms with Gasteiger partial charge in [-0.15, -0.1) is 5.10 Å². The molecule has 9 heteroatoms. The van der Waals surface area contributed by atoms with E-state index in [0.717, 1.165) is 27.8 Å². The van der Waals surface area contributed by atoms with Gasteiger partial charge in [0.2, 0.25) is 5.95 Å². The number of methoxy groups -OCH3 is 1. The number of aryl methyl sites for hydroxylation is 1. The van der Waals surface area contributed by atoms with Gasteiger partial charge >= 0.3 is 0 Å². The molecular formula is C33H32N4O4S. The third kappa shape index (κ3) is 5.27. The van der Waals surface area contributed by atoms with E-state index in [9.17, 15) is 13.2 Å². The minimum absolute atomic E-state index is 0.0914. The number of nitrogens with zero attached hydrogens (tertiary/aromatic N) is 3. The Hall–Kier alpha value is -4.50. The summed E-state index contributed by atoms with van der Waals surface area (Å²) >= 11 is 0. The normalized spacial score (nSPS) is 16.2. The number of fused-ring (bicyclic) bond motifs is 2. The van der Waals surface area contributed by atoms with Gasteiger partial charge in [-0.05, 0) is 53.3 Å². The summed E-state index contributed by atoms with van der Waals surface area (Å²) in [6.07, 6.45) is 2.28. The van der Waals surface area contributed by atoms with Gasteiger partial charge in [-0.2, -0.15) is 4.98 Å². The minimum atomic E-state index is -3.31. The lowest BCUT2D eigenvalue weighted by molar-refractivity contribution is -0.119. The summed E-state index contributed by atoms with van der Waals surface area (Å²) in [5.41, 5.74) is 7.18. The predicted octanol–water partition coefficient (Wildman–Crippen LogP) is 6.26. The molecule has 0 aliphatic carbocycles. The number of anilines is 2. The molecule has 6 rings (SSSR count). The minimum Gasteiger partial charge on any atom is -0.495 e. The SMILES string of the molecule is COc1cc2c(cc1Nc1nc3ccc(-c4ccc(CC(=O)[C@H](C)c5ccc(C)cc5)cc4)cn3n1)C(C)CS2(=O)=O. The summed E-state index contributed by atoms with van der Waals surface area (Å²) in [4.78, 5) is 17.8. The smallest absolute Gasteiger partial charge is 0.247 e. The number of hydrogen-bond donors (Lipinski definition) is 1. The fourth-order valence-corrected chi connectivity index (χ4v) is 7.37. The Morgan fingerprint density at radius 1 is 1.05 bits per heavy atom. The van der Waals surface area contributed by atoms with Crippen molar-refractivity contribution in [2.24, 2.45) is 0 Å². The molecule has 3 aromatic carbocycles. The van der Waals surface area contributed by atoms with Crippen molar-refractivity contribution >= 4 is 32.9 Å². The zero-order valence-electron chi connectivity index (χ0n) is 24.0. The third-order valence-electron chi connectivity index (χ3n) is 7.97. The fraction of sp³-hybridized carbons (Fsp3) is 0.242. The quantitative estimate of drug-likeness (QED) is 0.231. The van der Waals surface area contributed by atoms with Crippen molar-refractivity contribution in [3.63, 3.8) is 0 Å². The largest absolute Gasteiger partial charge is 0.495 e. The predicted molar refractivity (Wildman–Crippen MR) is 163 cm³/mol. The van der Waals surface area contributed by atoms with E-state index >= 15 is 0 Å². The second-order valence-electron chi connectivity index (χ2n) is 11.0. The highest BCUT2D eigenvalue weighted by Gasteiger charge is 2.33. The van der Waals surface area contributed by atoms with Crippen molar-refractivity contribution in [1.82, 2.24) is 14.6 Å². The van der Waals surface area contributed by atoms with Crippen LogP contribution in [0, 0.1) is 6.92 Å². The molecule has 0 saturated heterocycles. The Morgan fingerprint density at radius 3 is 2.48 bits per heavy atom. The summed E-state index contributed by atoms with van der Waals surface area (Å²) in [6, 6.07) is 23.4. The molecule has 1 N–H and O–H groups in total. The number of pyridine rings is 1. The molecule has 0 saturated carbocycles. The second-order valence-corrected chi connectivity index (χ2v) is 13.0. The van der Waals surface area contributed by atoms with Crippen molar-refractivity contribution in [3.8, 4) is 16.9 Å². The van der Waals surface area contributed by atoms with E-state index in [2.05, 4.69) is 15.4 Å². The standard InChI is InChI=1S/C33H32N4O4S/c1-20-5-9-24(10-6-20)22(3)29(38)15-23-7-11-25(12-8-23)26-13-14-32-35-33(36-37(32)18-26)34-28-16-27-21(2)19-42(39,40)31(27)17-30(28)41-4/h5-14,16-18,21-22H,15,19H2,1-4H3,(H,34,36)/t21?,22-/m1/s1. The number of rotatable bonds is 8. The molecule has 8 nitrogen and oxygen atoms in total. The van der Waals surface area contributed by atoms with Crippen LogP contribution in [0.5, 0.6) is 5.75 Å². The van der Waals surface area contributed by atoms with Crippen LogP contribution in [0.15, 0.2) is 83.9 Å². The maximum atomic E-state index is 12.9. The Morgan fingerprint density at radius 2 is 1.76 bits per heavy atom. The number of carbonyl (C=O) groups is 1. The number of benzene rings is 3. The Labute approximate surface area is 245 Å². The number of Topliss-reactive ketones (excluding diaryl/α,β-unsaturated/α-hetero) is 1. The van der Waals surface area contributed by atoms with Crippen LogP contribution < -0.4 is 10.1 Å². The lowest BCUT2D eigenvalue weighted by Gasteiger charge is -2.12. The van der Waals surface area contributed by atoms with Crippen LogP contribution in [-0.2, 0) is 21.1 Å². The van der Waals surface area contributed by atoms with Crippen molar-refractivity contribution in [2.45, 2.75) is 43.9 Å². The van der Waals surface area contributed by atoms with Crippen LogP contribution in [0.3, 0.4) is 0 Å². The number of ether oxygens (including phenoxy) is 1. The molecule has 1 aliphatic heterocycles. The van der Waals surface area contributed by atoms with Crippen LogP contribution in [0.4, 0.5) is 11.6 Å². The molecule has 214 valence electrons. The molecule has 1 aliphatic rings. The molecule has 0 radical (unpaired) electrons. The van der Waals surface area contributed by atoms with Gasteiger partial charge in [0.15, 0.2) is 15.5 Å². The molecule has 1 unspecified atom stereocenters. The maximum Gasteiger partial charge on any atom is 0.247 e. The summed E-state index contributed by atoms with van der Waals surface area (Å²) in [5, 5.41) is 7.80. The van der Waals surface area contributed by atoms with E-state index in [1.54, 1.807) is 10.6 Å². The van der Waals surface area contributed by atoms with Crippen LogP contribution in [0.1, 0.15) is 47.9 Å². The van der Waals surface area contributed by atoms with Gasteiger partial charge in [-0.1, -0.05) is 67.9 Å². The maximum absolute atomic E-state index is 12.9. The van der Waals surface area contributed by atoms with Crippen molar-refractivity contribution in [3.05, 3.63) is 101 Å². The highest BCUT2D eigenvalue weighted by Crippen LogP contribution is 2.41. The number of nitrogens with one attached hydrogen (secondary N) is 1. The van der Waals surface area contributed by atoms with E-state index in [1.807, 2.05) is 93.7 Å². The first-order chi connectivity index (χ1) is 20.1. The number of aromatic nitrogens is 3. The number of ketones is 1. The highest BCUT2D eigenvalue weighted by molar-refractivity contribution is 7.91. The third-order valence-corrected chi connectivity index (χ3v) is 9.93. The molecule has 5 aromatic rings. The van der Waals surface area contributed by atoms with Crippen LogP contribution >= 0.6 is 0 Å². The van der Waals surface area contributed by atoms with Gasteiger partial charge in [-0.25, -0.2) is 12.9 Å². The molecule has 0 fully saturated rings. The molecule has 3 heterocycles. The fourth-order valence-electron chi connectivity index (χ4n) is 5.45. The Bertz CT molecular complexity index is 1910. The molecular weight excluding hydrogens is 548 g/mol. The Balaban J connectivity index is 1.19. The van der Waals surface area contributed by atoms with E-state index < -0.39 is 9.84 Å². The van der Waals surface area contributed by atoms with E-state index in [1.165, 1.54) is 12.7 Å². The monoisotopic (exact) mass is 580 g/mol. The number of sulfone groups is 1. The highest BCUT2D eigenvalue weighted by atomic mass is 32.2. The van der Waals surface area contributed by atoms with Gasteiger partial charge in [0.05, 0.1) is 23.4 Å². The van der Waals surface area contributed by atoms with Crippen molar-refractivity contribution in [2.75, 3.05) is 18.2 Å². The summed E-state index contributed by atoms with van der Waals surface area (Å²) < 4.78 is 32.2. The Kier molecular flexibility index (Phi) is 7.06. The molecule has 2 aromatic heterocycles. The van der Waals surface area contributed by atoms with Crippen LogP contribution in [0.2, 0.25) is 0 Å². The molecule has 0 amide bonds.